The molecule has 0 aromatic carbocycles. The van der Waals surface area contributed by atoms with Crippen molar-refractivity contribution in [1.82, 2.24) is 10.4 Å². The number of aromatic nitrogens is 1. The van der Waals surface area contributed by atoms with E-state index in [1.165, 1.54) is 11.1 Å². The lowest BCUT2D eigenvalue weighted by molar-refractivity contribution is 0.437. The molecule has 0 bridgehead atoms. The molecule has 0 saturated heterocycles. The van der Waals surface area contributed by atoms with Gasteiger partial charge in [-0.25, -0.2) is 0 Å². The topological polar surface area (TPSA) is 50.9 Å². The molecule has 1 aromatic heterocycles. The number of rotatable bonds is 4. The monoisotopic (exact) mass is 193 g/mol. The van der Waals surface area contributed by atoms with Crippen molar-refractivity contribution >= 4 is 0 Å². The van der Waals surface area contributed by atoms with E-state index in [1.54, 1.807) is 0 Å². The van der Waals surface area contributed by atoms with Crippen LogP contribution in [0, 0.1) is 12.8 Å². The van der Waals surface area contributed by atoms with Crippen LogP contribution in [0.4, 0.5) is 0 Å². The van der Waals surface area contributed by atoms with Crippen LogP contribution in [0.5, 0.6) is 0 Å². The van der Waals surface area contributed by atoms with Gasteiger partial charge in [-0.15, -0.1) is 0 Å². The molecule has 0 aliphatic carbocycles. The lowest BCUT2D eigenvalue weighted by Crippen LogP contribution is -2.29. The Hall–Kier alpha value is -0.930. The molecule has 0 aliphatic heterocycles. The van der Waals surface area contributed by atoms with E-state index < -0.39 is 0 Å². The number of aryl methyl sites for hydroxylation is 1. The maximum Gasteiger partial charge on any atom is 0.0477 e. The lowest BCUT2D eigenvalue weighted by Gasteiger charge is -2.18. The van der Waals surface area contributed by atoms with Crippen LogP contribution in [0.2, 0.25) is 0 Å². The minimum absolute atomic E-state index is 0.211. The second-order valence-electron chi connectivity index (χ2n) is 4.14. The molecule has 0 amide bonds. The molecular formula is C11H19N3. The zero-order chi connectivity index (χ0) is 10.6. The maximum atomic E-state index is 5.53. The Balaban J connectivity index is 2.78. The molecule has 0 spiro atoms. The molecule has 3 N–H and O–H groups in total. The van der Waals surface area contributed by atoms with Crippen molar-refractivity contribution in [2.24, 2.45) is 11.8 Å². The highest BCUT2D eigenvalue weighted by molar-refractivity contribution is 5.19. The second kappa shape index (κ2) is 5.08. The van der Waals surface area contributed by atoms with Crippen LogP contribution in [0.3, 0.4) is 0 Å². The fourth-order valence-corrected chi connectivity index (χ4v) is 1.54. The van der Waals surface area contributed by atoms with Crippen LogP contribution >= 0.6 is 0 Å². The third-order valence-corrected chi connectivity index (χ3v) is 2.21. The van der Waals surface area contributed by atoms with Crippen LogP contribution in [-0.4, -0.2) is 4.98 Å². The zero-order valence-corrected chi connectivity index (χ0v) is 9.12. The fraction of sp³-hybridized carbons (Fsp3) is 0.545. The van der Waals surface area contributed by atoms with Gasteiger partial charge in [-0.1, -0.05) is 19.9 Å². The number of hydrogen-bond acceptors (Lipinski definition) is 3. The summed E-state index contributed by atoms with van der Waals surface area (Å²) >= 11 is 0. The van der Waals surface area contributed by atoms with Gasteiger partial charge in [0.05, 0.1) is 0 Å². The zero-order valence-electron chi connectivity index (χ0n) is 9.12. The minimum atomic E-state index is 0.211. The summed E-state index contributed by atoms with van der Waals surface area (Å²) in [4.78, 5) is 4.16. The molecule has 0 saturated carbocycles. The molecule has 0 fully saturated rings. The maximum absolute atomic E-state index is 5.53. The normalized spacial score (nSPS) is 13.2. The number of nitrogens with one attached hydrogen (secondary N) is 1. The van der Waals surface area contributed by atoms with E-state index in [0.717, 1.165) is 6.42 Å². The highest BCUT2D eigenvalue weighted by atomic mass is 15.2. The average Bonchev–Trinajstić information content (AvgIpc) is 2.14. The van der Waals surface area contributed by atoms with E-state index >= 15 is 0 Å². The Kier molecular flexibility index (Phi) is 4.04. The summed E-state index contributed by atoms with van der Waals surface area (Å²) in [5.41, 5.74) is 5.18. The van der Waals surface area contributed by atoms with Gasteiger partial charge in [0.25, 0.3) is 0 Å². The highest BCUT2D eigenvalue weighted by Gasteiger charge is 2.11. The predicted molar refractivity (Wildman–Crippen MR) is 58.5 cm³/mol. The summed E-state index contributed by atoms with van der Waals surface area (Å²) in [6.07, 6.45) is 4.76. The molecular weight excluding hydrogens is 174 g/mol. The van der Waals surface area contributed by atoms with Gasteiger partial charge >= 0.3 is 0 Å². The van der Waals surface area contributed by atoms with E-state index in [2.05, 4.69) is 30.3 Å². The fourth-order valence-electron chi connectivity index (χ4n) is 1.54. The van der Waals surface area contributed by atoms with Gasteiger partial charge in [0.2, 0.25) is 0 Å². The SMILES string of the molecule is Cc1cncc(C(CC(C)C)NN)c1. The molecule has 1 atom stereocenters. The third kappa shape index (κ3) is 3.09. The third-order valence-electron chi connectivity index (χ3n) is 2.21. The van der Waals surface area contributed by atoms with Crippen LogP contribution in [-0.2, 0) is 0 Å². The standard InChI is InChI=1S/C11H19N3/c1-8(2)4-11(14-12)10-5-9(3)6-13-7-10/h5-8,11,14H,4,12H2,1-3H3. The first-order valence-electron chi connectivity index (χ1n) is 5.01. The van der Waals surface area contributed by atoms with Crippen molar-refractivity contribution in [1.29, 1.82) is 0 Å². The summed E-state index contributed by atoms with van der Waals surface area (Å²) in [6.45, 7) is 6.42. The Bertz CT molecular complexity index is 284. The smallest absolute Gasteiger partial charge is 0.0477 e. The second-order valence-corrected chi connectivity index (χ2v) is 4.14. The Morgan fingerprint density at radius 2 is 2.14 bits per heavy atom. The molecule has 3 heteroatoms. The van der Waals surface area contributed by atoms with Gasteiger partial charge in [-0.05, 0) is 30.4 Å². The van der Waals surface area contributed by atoms with Gasteiger partial charge in [-0.2, -0.15) is 0 Å². The number of nitrogens with two attached hydrogens (primary N) is 1. The number of nitrogens with zero attached hydrogens (tertiary/aromatic N) is 1. The summed E-state index contributed by atoms with van der Waals surface area (Å²) in [7, 11) is 0. The van der Waals surface area contributed by atoms with Crippen molar-refractivity contribution in [3.8, 4) is 0 Å². The quantitative estimate of drug-likeness (QED) is 0.567. The molecule has 14 heavy (non-hydrogen) atoms. The largest absolute Gasteiger partial charge is 0.271 e. The van der Waals surface area contributed by atoms with Gasteiger partial charge in [0, 0.05) is 18.4 Å². The van der Waals surface area contributed by atoms with Crippen molar-refractivity contribution in [3.63, 3.8) is 0 Å². The lowest BCUT2D eigenvalue weighted by atomic mass is 9.98. The summed E-state index contributed by atoms with van der Waals surface area (Å²) < 4.78 is 0. The van der Waals surface area contributed by atoms with Crippen LogP contribution in [0.25, 0.3) is 0 Å². The molecule has 1 aromatic rings. The predicted octanol–water partition coefficient (Wildman–Crippen LogP) is 1.94. The van der Waals surface area contributed by atoms with Gasteiger partial charge in [-0.3, -0.25) is 16.3 Å². The first kappa shape index (κ1) is 11.1. The Labute approximate surface area is 85.7 Å². The molecule has 0 radical (unpaired) electrons. The van der Waals surface area contributed by atoms with Crippen molar-refractivity contribution in [2.75, 3.05) is 0 Å². The average molecular weight is 193 g/mol. The molecule has 1 unspecified atom stereocenters. The van der Waals surface area contributed by atoms with E-state index in [4.69, 9.17) is 5.84 Å². The molecule has 1 heterocycles. The summed E-state index contributed by atoms with van der Waals surface area (Å²) in [6, 6.07) is 2.34. The first-order valence-corrected chi connectivity index (χ1v) is 5.01. The van der Waals surface area contributed by atoms with Crippen LogP contribution in [0.15, 0.2) is 18.5 Å². The van der Waals surface area contributed by atoms with E-state index in [-0.39, 0.29) is 6.04 Å². The first-order chi connectivity index (χ1) is 6.63. The summed E-state index contributed by atoms with van der Waals surface area (Å²) in [5.74, 6) is 6.15. The van der Waals surface area contributed by atoms with Gasteiger partial charge in [0.15, 0.2) is 0 Å². The van der Waals surface area contributed by atoms with Crippen molar-refractivity contribution < 1.29 is 0 Å². The van der Waals surface area contributed by atoms with E-state index in [9.17, 15) is 0 Å². The number of hydrazine groups is 1. The van der Waals surface area contributed by atoms with Crippen LogP contribution in [0.1, 0.15) is 37.4 Å². The number of pyridine rings is 1. The van der Waals surface area contributed by atoms with E-state index in [0.29, 0.717) is 5.92 Å². The molecule has 3 nitrogen and oxygen atoms in total. The molecule has 1 rings (SSSR count). The summed E-state index contributed by atoms with van der Waals surface area (Å²) in [5, 5.41) is 0. The van der Waals surface area contributed by atoms with Gasteiger partial charge in [0.1, 0.15) is 0 Å². The van der Waals surface area contributed by atoms with E-state index in [1.807, 2.05) is 19.3 Å². The van der Waals surface area contributed by atoms with Crippen molar-refractivity contribution in [3.05, 3.63) is 29.6 Å². The van der Waals surface area contributed by atoms with Crippen LogP contribution < -0.4 is 11.3 Å². The Morgan fingerprint density at radius 3 is 2.64 bits per heavy atom. The Morgan fingerprint density at radius 1 is 1.43 bits per heavy atom. The molecule has 0 aliphatic rings. The molecule has 78 valence electrons. The minimum Gasteiger partial charge on any atom is -0.271 e. The number of hydrogen-bond donors (Lipinski definition) is 2. The van der Waals surface area contributed by atoms with Gasteiger partial charge < -0.3 is 0 Å². The van der Waals surface area contributed by atoms with Crippen molar-refractivity contribution in [2.45, 2.75) is 33.2 Å². The highest BCUT2D eigenvalue weighted by Crippen LogP contribution is 2.20.